The fraction of sp³-hybridized carbons (Fsp3) is 0.391. The Bertz CT molecular complexity index is 922. The maximum Gasteiger partial charge on any atom is 0.244 e. The lowest BCUT2D eigenvalue weighted by Crippen LogP contribution is -2.45. The SMILES string of the molecule is COc1ccc(CC(=O)N/N=C/c2cc3c(cc2Cl)N(C)C(C)(C)C[C@@H]3C)cc1. The summed E-state index contributed by atoms with van der Waals surface area (Å²) in [7, 11) is 3.72. The minimum atomic E-state index is -0.185. The molecule has 0 saturated heterocycles. The summed E-state index contributed by atoms with van der Waals surface area (Å²) in [6, 6.07) is 11.5. The average molecular weight is 414 g/mol. The van der Waals surface area contributed by atoms with E-state index in [2.05, 4.69) is 49.3 Å². The molecule has 3 rings (SSSR count). The Balaban J connectivity index is 1.69. The number of benzene rings is 2. The predicted octanol–water partition coefficient (Wildman–Crippen LogP) is 4.76. The lowest BCUT2D eigenvalue weighted by Gasteiger charge is -2.45. The lowest BCUT2D eigenvalue weighted by molar-refractivity contribution is -0.120. The largest absolute Gasteiger partial charge is 0.497 e. The molecule has 0 unspecified atom stereocenters. The summed E-state index contributed by atoms with van der Waals surface area (Å²) in [4.78, 5) is 14.4. The van der Waals surface area contributed by atoms with Gasteiger partial charge in [-0.2, -0.15) is 5.10 Å². The molecular weight excluding hydrogens is 386 g/mol. The van der Waals surface area contributed by atoms with Crippen molar-refractivity contribution >= 4 is 29.4 Å². The summed E-state index contributed by atoms with van der Waals surface area (Å²) < 4.78 is 5.12. The van der Waals surface area contributed by atoms with Crippen LogP contribution in [0.5, 0.6) is 5.75 Å². The van der Waals surface area contributed by atoms with Crippen molar-refractivity contribution in [2.45, 2.75) is 45.1 Å². The Hall–Kier alpha value is -2.53. The van der Waals surface area contributed by atoms with Gasteiger partial charge in [0.05, 0.1) is 24.8 Å². The summed E-state index contributed by atoms with van der Waals surface area (Å²) in [6.07, 6.45) is 2.92. The second-order valence-electron chi connectivity index (χ2n) is 8.23. The third kappa shape index (κ3) is 4.73. The van der Waals surface area contributed by atoms with Crippen LogP contribution in [-0.4, -0.2) is 31.8 Å². The number of amides is 1. The number of carbonyl (C=O) groups excluding carboxylic acids is 1. The Morgan fingerprint density at radius 1 is 1.34 bits per heavy atom. The van der Waals surface area contributed by atoms with Gasteiger partial charge in [-0.05, 0) is 61.6 Å². The van der Waals surface area contributed by atoms with E-state index in [9.17, 15) is 4.79 Å². The second kappa shape index (κ2) is 8.46. The van der Waals surface area contributed by atoms with E-state index in [0.29, 0.717) is 10.9 Å². The first-order valence-electron chi connectivity index (χ1n) is 9.73. The smallest absolute Gasteiger partial charge is 0.244 e. The minimum absolute atomic E-state index is 0.0841. The molecule has 0 bridgehead atoms. The number of methoxy groups -OCH3 is 1. The Morgan fingerprint density at radius 2 is 2.03 bits per heavy atom. The van der Waals surface area contributed by atoms with Gasteiger partial charge in [0.2, 0.25) is 5.91 Å². The molecule has 1 aliphatic rings. The molecular formula is C23H28ClN3O2. The van der Waals surface area contributed by atoms with Gasteiger partial charge in [0.25, 0.3) is 0 Å². The summed E-state index contributed by atoms with van der Waals surface area (Å²) >= 11 is 6.50. The number of ether oxygens (including phenoxy) is 1. The van der Waals surface area contributed by atoms with Crippen LogP contribution in [-0.2, 0) is 11.2 Å². The molecule has 1 N–H and O–H groups in total. The highest BCUT2D eigenvalue weighted by Crippen LogP contribution is 2.44. The topological polar surface area (TPSA) is 53.9 Å². The van der Waals surface area contributed by atoms with Crippen LogP contribution in [0.15, 0.2) is 41.5 Å². The molecule has 0 aromatic heterocycles. The van der Waals surface area contributed by atoms with Gasteiger partial charge in [0.1, 0.15) is 5.75 Å². The highest BCUT2D eigenvalue weighted by molar-refractivity contribution is 6.33. The second-order valence-corrected chi connectivity index (χ2v) is 8.63. The van der Waals surface area contributed by atoms with Crippen LogP contribution in [0.3, 0.4) is 0 Å². The number of hydrazone groups is 1. The lowest BCUT2D eigenvalue weighted by atomic mass is 9.80. The number of rotatable bonds is 5. The van der Waals surface area contributed by atoms with Crippen LogP contribution in [0.25, 0.3) is 0 Å². The normalized spacial score (nSPS) is 17.9. The first-order chi connectivity index (χ1) is 13.7. The standard InChI is InChI=1S/C23H28ClN3O2/c1-15-13-23(2,3)27(4)21-12-20(24)17(11-19(15)21)14-25-26-22(28)10-16-6-8-18(29-5)9-7-16/h6-9,11-12,14-15H,10,13H2,1-5H3,(H,26,28)/b25-14+/t15-/m0/s1. The van der Waals surface area contributed by atoms with Crippen molar-refractivity contribution in [1.29, 1.82) is 0 Å². The highest BCUT2D eigenvalue weighted by Gasteiger charge is 2.34. The molecule has 2 aromatic rings. The van der Waals surface area contributed by atoms with Crippen molar-refractivity contribution < 1.29 is 9.53 Å². The first-order valence-corrected chi connectivity index (χ1v) is 10.1. The molecule has 0 saturated carbocycles. The third-order valence-electron chi connectivity index (χ3n) is 5.67. The maximum atomic E-state index is 12.1. The van der Waals surface area contributed by atoms with Crippen molar-refractivity contribution in [3.05, 3.63) is 58.1 Å². The van der Waals surface area contributed by atoms with E-state index in [4.69, 9.17) is 16.3 Å². The Morgan fingerprint density at radius 3 is 2.69 bits per heavy atom. The van der Waals surface area contributed by atoms with Crippen LogP contribution in [0.2, 0.25) is 5.02 Å². The quantitative estimate of drug-likeness (QED) is 0.567. The average Bonchev–Trinajstić information content (AvgIpc) is 2.67. The molecule has 5 nitrogen and oxygen atoms in total. The molecule has 154 valence electrons. The summed E-state index contributed by atoms with van der Waals surface area (Å²) in [6.45, 7) is 6.72. The summed E-state index contributed by atoms with van der Waals surface area (Å²) in [5, 5.41) is 4.73. The molecule has 0 spiro atoms. The van der Waals surface area contributed by atoms with Crippen molar-refractivity contribution in [2.75, 3.05) is 19.1 Å². The van der Waals surface area contributed by atoms with Gasteiger partial charge in [-0.15, -0.1) is 0 Å². The van der Waals surface area contributed by atoms with Crippen LogP contribution < -0.4 is 15.1 Å². The van der Waals surface area contributed by atoms with Gasteiger partial charge in [0.15, 0.2) is 0 Å². The van der Waals surface area contributed by atoms with Gasteiger partial charge in [-0.25, -0.2) is 5.43 Å². The first kappa shape index (κ1) is 21.2. The molecule has 1 atom stereocenters. The molecule has 0 radical (unpaired) electrons. The Kier molecular flexibility index (Phi) is 6.18. The number of anilines is 1. The van der Waals surface area contributed by atoms with E-state index in [-0.39, 0.29) is 17.9 Å². The van der Waals surface area contributed by atoms with Crippen LogP contribution in [0.4, 0.5) is 5.69 Å². The van der Waals surface area contributed by atoms with Gasteiger partial charge >= 0.3 is 0 Å². The number of fused-ring (bicyclic) bond motifs is 1. The van der Waals surface area contributed by atoms with E-state index >= 15 is 0 Å². The monoisotopic (exact) mass is 413 g/mol. The van der Waals surface area contributed by atoms with Crippen molar-refractivity contribution in [3.63, 3.8) is 0 Å². The number of nitrogens with one attached hydrogen (secondary N) is 1. The van der Waals surface area contributed by atoms with Gasteiger partial charge in [0, 0.05) is 23.8 Å². The number of nitrogens with zero attached hydrogens (tertiary/aromatic N) is 2. The molecule has 0 fully saturated rings. The molecule has 29 heavy (non-hydrogen) atoms. The number of carbonyl (C=O) groups is 1. The number of hydrogen-bond acceptors (Lipinski definition) is 4. The fourth-order valence-corrected chi connectivity index (χ4v) is 4.05. The molecule has 1 aliphatic heterocycles. The van der Waals surface area contributed by atoms with Crippen LogP contribution in [0, 0.1) is 0 Å². The zero-order chi connectivity index (χ0) is 21.2. The maximum absolute atomic E-state index is 12.1. The van der Waals surface area contributed by atoms with Crippen molar-refractivity contribution in [2.24, 2.45) is 5.10 Å². The molecule has 1 heterocycles. The number of halogens is 1. The van der Waals surface area contributed by atoms with Gasteiger partial charge in [-0.3, -0.25) is 4.79 Å². The number of hydrogen-bond donors (Lipinski definition) is 1. The van der Waals surface area contributed by atoms with Gasteiger partial charge in [-0.1, -0.05) is 30.7 Å². The van der Waals surface area contributed by atoms with Crippen molar-refractivity contribution in [3.8, 4) is 5.75 Å². The zero-order valence-corrected chi connectivity index (χ0v) is 18.4. The zero-order valence-electron chi connectivity index (χ0n) is 17.6. The van der Waals surface area contributed by atoms with Crippen molar-refractivity contribution in [1.82, 2.24) is 5.43 Å². The minimum Gasteiger partial charge on any atom is -0.497 e. The molecule has 6 heteroatoms. The van der Waals surface area contributed by atoms with E-state index in [1.54, 1.807) is 13.3 Å². The van der Waals surface area contributed by atoms with E-state index in [1.165, 1.54) is 5.56 Å². The fourth-order valence-electron chi connectivity index (χ4n) is 3.85. The summed E-state index contributed by atoms with van der Waals surface area (Å²) in [5.74, 6) is 0.998. The highest BCUT2D eigenvalue weighted by atomic mass is 35.5. The summed E-state index contributed by atoms with van der Waals surface area (Å²) in [5.41, 5.74) is 6.76. The van der Waals surface area contributed by atoms with E-state index < -0.39 is 0 Å². The van der Waals surface area contributed by atoms with Gasteiger partial charge < -0.3 is 9.64 Å². The Labute approximate surface area is 177 Å². The molecule has 2 aromatic carbocycles. The third-order valence-corrected chi connectivity index (χ3v) is 6.00. The van der Waals surface area contributed by atoms with E-state index in [1.807, 2.05) is 30.3 Å². The van der Waals surface area contributed by atoms with E-state index in [0.717, 1.165) is 29.0 Å². The predicted molar refractivity (Wildman–Crippen MR) is 119 cm³/mol. The molecule has 1 amide bonds. The van der Waals surface area contributed by atoms with Crippen LogP contribution >= 0.6 is 11.6 Å². The van der Waals surface area contributed by atoms with Crippen LogP contribution in [0.1, 0.15) is 49.8 Å². The molecule has 0 aliphatic carbocycles.